The molecular weight excluding hydrogens is 289 g/mol. The lowest BCUT2D eigenvalue weighted by Gasteiger charge is -2.08. The summed E-state index contributed by atoms with van der Waals surface area (Å²) in [6.45, 7) is 1.85. The van der Waals surface area contributed by atoms with E-state index in [4.69, 9.17) is 0 Å². The van der Waals surface area contributed by atoms with Crippen LogP contribution in [0.5, 0.6) is 0 Å². The Morgan fingerprint density at radius 1 is 1.14 bits per heavy atom. The maximum Gasteiger partial charge on any atom is 0.383 e. The van der Waals surface area contributed by atoms with Crippen molar-refractivity contribution in [3.8, 4) is 0 Å². The molecule has 1 aromatic carbocycles. The number of aromatic nitrogens is 1. The minimum absolute atomic E-state index is 0.0223. The molecule has 0 aliphatic rings. The predicted molar refractivity (Wildman–Crippen MR) is 75.9 cm³/mol. The Morgan fingerprint density at radius 3 is 2.45 bits per heavy atom. The second-order valence-corrected chi connectivity index (χ2v) is 4.53. The van der Waals surface area contributed by atoms with Crippen molar-refractivity contribution in [2.45, 2.75) is 13.5 Å². The summed E-state index contributed by atoms with van der Waals surface area (Å²) in [5, 5.41) is 0. The van der Waals surface area contributed by atoms with Crippen LogP contribution in [0.25, 0.3) is 0 Å². The van der Waals surface area contributed by atoms with E-state index in [1.165, 1.54) is 22.8 Å². The lowest BCUT2D eigenvalue weighted by molar-refractivity contribution is -0.151. The number of ether oxygens (including phenoxy) is 1. The van der Waals surface area contributed by atoms with E-state index in [0.29, 0.717) is 0 Å². The van der Waals surface area contributed by atoms with Crippen molar-refractivity contribution in [1.29, 1.82) is 0 Å². The maximum atomic E-state index is 12.9. The number of benzene rings is 1. The molecule has 0 saturated carbocycles. The molecule has 0 amide bonds. The highest BCUT2D eigenvalue weighted by Gasteiger charge is 2.27. The van der Waals surface area contributed by atoms with Gasteiger partial charge in [0.2, 0.25) is 0 Å². The molecular formula is C16H14FNO4. The molecule has 0 radical (unpaired) electrons. The van der Waals surface area contributed by atoms with Gasteiger partial charge < -0.3 is 9.30 Å². The normalized spacial score (nSPS) is 10.3. The smallest absolute Gasteiger partial charge is 0.383 e. The van der Waals surface area contributed by atoms with Gasteiger partial charge >= 0.3 is 11.8 Å². The SMILES string of the molecule is CCOC(=O)C(=O)C(=O)c1cccn1Cc1ccc(F)cc1. The Kier molecular flexibility index (Phi) is 4.83. The monoisotopic (exact) mass is 303 g/mol. The van der Waals surface area contributed by atoms with Crippen molar-refractivity contribution in [1.82, 2.24) is 4.57 Å². The van der Waals surface area contributed by atoms with Gasteiger partial charge in [-0.05, 0) is 36.8 Å². The zero-order valence-corrected chi connectivity index (χ0v) is 11.9. The zero-order chi connectivity index (χ0) is 16.1. The standard InChI is InChI=1S/C16H14FNO4/c1-2-22-16(21)15(20)14(19)13-4-3-9-18(13)10-11-5-7-12(17)8-6-11/h3-9H,2,10H2,1H3. The Balaban J connectivity index is 2.18. The average Bonchev–Trinajstić information content (AvgIpc) is 2.96. The molecule has 1 aromatic heterocycles. The molecule has 0 N–H and O–H groups in total. The van der Waals surface area contributed by atoms with Crippen LogP contribution in [0.15, 0.2) is 42.6 Å². The van der Waals surface area contributed by atoms with Crippen molar-refractivity contribution >= 4 is 17.5 Å². The predicted octanol–water partition coefficient (Wildman–Crippen LogP) is 1.99. The second-order valence-electron chi connectivity index (χ2n) is 4.53. The van der Waals surface area contributed by atoms with E-state index >= 15 is 0 Å². The van der Waals surface area contributed by atoms with Crippen LogP contribution in [0.2, 0.25) is 0 Å². The van der Waals surface area contributed by atoms with E-state index in [1.807, 2.05) is 0 Å². The third-order valence-electron chi connectivity index (χ3n) is 3.00. The topological polar surface area (TPSA) is 65.4 Å². The van der Waals surface area contributed by atoms with Gasteiger partial charge in [-0.3, -0.25) is 9.59 Å². The molecule has 0 atom stereocenters. The quantitative estimate of drug-likeness (QED) is 0.354. The van der Waals surface area contributed by atoms with E-state index in [1.54, 1.807) is 31.3 Å². The molecule has 22 heavy (non-hydrogen) atoms. The number of carbonyl (C=O) groups is 3. The van der Waals surface area contributed by atoms with Crippen molar-refractivity contribution in [3.05, 3.63) is 59.7 Å². The fourth-order valence-electron chi connectivity index (χ4n) is 1.95. The summed E-state index contributed by atoms with van der Waals surface area (Å²) in [4.78, 5) is 35.1. The number of halogens is 1. The molecule has 114 valence electrons. The number of nitrogens with zero attached hydrogens (tertiary/aromatic N) is 1. The molecule has 5 nitrogen and oxygen atoms in total. The molecule has 0 aliphatic heterocycles. The Bertz CT molecular complexity index is 703. The lowest BCUT2D eigenvalue weighted by atomic mass is 10.2. The number of Topliss-reactive ketones (excluding diaryl/α,β-unsaturated/α-hetero) is 2. The zero-order valence-electron chi connectivity index (χ0n) is 11.9. The van der Waals surface area contributed by atoms with Crippen molar-refractivity contribution in [2.75, 3.05) is 6.61 Å². The third-order valence-corrected chi connectivity index (χ3v) is 3.00. The van der Waals surface area contributed by atoms with Crippen LogP contribution in [0.4, 0.5) is 4.39 Å². The van der Waals surface area contributed by atoms with Crippen LogP contribution in [0.1, 0.15) is 23.0 Å². The van der Waals surface area contributed by atoms with Crippen LogP contribution in [-0.4, -0.2) is 28.7 Å². The van der Waals surface area contributed by atoms with E-state index < -0.39 is 17.5 Å². The molecule has 2 rings (SSSR count). The summed E-state index contributed by atoms with van der Waals surface area (Å²) in [5.41, 5.74) is 0.845. The largest absolute Gasteiger partial charge is 0.460 e. The molecule has 1 heterocycles. The van der Waals surface area contributed by atoms with Gasteiger partial charge in [0.25, 0.3) is 5.78 Å². The number of carbonyl (C=O) groups excluding carboxylic acids is 3. The first-order valence-corrected chi connectivity index (χ1v) is 6.68. The highest BCUT2D eigenvalue weighted by Crippen LogP contribution is 2.10. The van der Waals surface area contributed by atoms with Gasteiger partial charge in [-0.2, -0.15) is 0 Å². The molecule has 0 aliphatic carbocycles. The molecule has 0 spiro atoms. The van der Waals surface area contributed by atoms with Crippen LogP contribution in [-0.2, 0) is 20.9 Å². The van der Waals surface area contributed by atoms with Crippen molar-refractivity contribution < 1.29 is 23.5 Å². The number of hydrogen-bond acceptors (Lipinski definition) is 4. The number of rotatable bonds is 6. The fraction of sp³-hybridized carbons (Fsp3) is 0.188. The minimum atomic E-state index is -1.21. The van der Waals surface area contributed by atoms with Crippen LogP contribution in [0, 0.1) is 5.82 Å². The summed E-state index contributed by atoms with van der Waals surface area (Å²) in [6.07, 6.45) is 1.61. The van der Waals surface area contributed by atoms with Crippen LogP contribution < -0.4 is 0 Å². The van der Waals surface area contributed by atoms with Crippen LogP contribution >= 0.6 is 0 Å². The first-order chi connectivity index (χ1) is 10.5. The minimum Gasteiger partial charge on any atom is -0.460 e. The van der Waals surface area contributed by atoms with Crippen molar-refractivity contribution in [2.24, 2.45) is 0 Å². The van der Waals surface area contributed by atoms with Gasteiger partial charge in [0.15, 0.2) is 0 Å². The first kappa shape index (κ1) is 15.6. The molecule has 0 saturated heterocycles. The summed E-state index contributed by atoms with van der Waals surface area (Å²) in [5.74, 6) is -3.65. The van der Waals surface area contributed by atoms with Gasteiger partial charge in [0.1, 0.15) is 5.82 Å². The maximum absolute atomic E-state index is 12.9. The Labute approximate surface area is 126 Å². The molecule has 6 heteroatoms. The highest BCUT2D eigenvalue weighted by atomic mass is 19.1. The van der Waals surface area contributed by atoms with Gasteiger partial charge in [-0.1, -0.05) is 12.1 Å². The molecule has 0 fully saturated rings. The van der Waals surface area contributed by atoms with Gasteiger partial charge in [-0.15, -0.1) is 0 Å². The highest BCUT2D eigenvalue weighted by molar-refractivity contribution is 6.65. The van der Waals surface area contributed by atoms with Crippen LogP contribution in [0.3, 0.4) is 0 Å². The van der Waals surface area contributed by atoms with E-state index in [2.05, 4.69) is 4.74 Å². The molecule has 0 unspecified atom stereocenters. The van der Waals surface area contributed by atoms with Crippen molar-refractivity contribution in [3.63, 3.8) is 0 Å². The summed E-state index contributed by atoms with van der Waals surface area (Å²) < 4.78 is 18.9. The third kappa shape index (κ3) is 3.46. The summed E-state index contributed by atoms with van der Waals surface area (Å²) in [7, 11) is 0. The second kappa shape index (κ2) is 6.80. The van der Waals surface area contributed by atoms with Gasteiger partial charge in [0.05, 0.1) is 12.3 Å². The van der Waals surface area contributed by atoms with Gasteiger partial charge in [-0.25, -0.2) is 9.18 Å². The summed E-state index contributed by atoms with van der Waals surface area (Å²) >= 11 is 0. The number of hydrogen-bond donors (Lipinski definition) is 0. The van der Waals surface area contributed by atoms with E-state index in [0.717, 1.165) is 5.56 Å². The van der Waals surface area contributed by atoms with E-state index in [-0.39, 0.29) is 24.7 Å². The fourth-order valence-corrected chi connectivity index (χ4v) is 1.95. The Morgan fingerprint density at radius 2 is 1.82 bits per heavy atom. The number of ketones is 2. The van der Waals surface area contributed by atoms with Gasteiger partial charge in [0, 0.05) is 12.7 Å². The molecule has 0 bridgehead atoms. The lowest BCUT2D eigenvalue weighted by Crippen LogP contribution is -2.28. The first-order valence-electron chi connectivity index (χ1n) is 6.68. The number of esters is 1. The van der Waals surface area contributed by atoms with E-state index in [9.17, 15) is 18.8 Å². The average molecular weight is 303 g/mol. The molecule has 2 aromatic rings. The summed E-state index contributed by atoms with van der Waals surface area (Å²) in [6, 6.07) is 8.82. The Hall–Kier alpha value is -2.76.